The molecule has 0 amide bonds. The van der Waals surface area contributed by atoms with Crippen LogP contribution in [-0.4, -0.2) is 39.9 Å². The number of fused-ring (bicyclic) bond motifs is 1. The normalized spacial score (nSPS) is 11.2. The summed E-state index contributed by atoms with van der Waals surface area (Å²) in [6.07, 6.45) is 4.43. The van der Waals surface area contributed by atoms with Crippen LogP contribution in [0.3, 0.4) is 0 Å². The molecule has 0 aliphatic heterocycles. The summed E-state index contributed by atoms with van der Waals surface area (Å²) in [7, 11) is 3.13. The standard InChI is InChI=1S/C20H17N5O3/c1-27-17-9-8-14(10-18(17)28-2)11-22-24-13-21-19-16(20(24)26)12-23-25(19)15-6-4-3-5-7-15/h3-13H,1-2H3/b22-11-. The van der Waals surface area contributed by atoms with E-state index in [2.05, 4.69) is 15.2 Å². The zero-order valence-electron chi connectivity index (χ0n) is 15.3. The second-order valence-corrected chi connectivity index (χ2v) is 5.88. The maximum Gasteiger partial charge on any atom is 0.285 e. The fraction of sp³-hybridized carbons (Fsp3) is 0.100. The first-order valence-electron chi connectivity index (χ1n) is 8.48. The second kappa shape index (κ2) is 7.36. The zero-order valence-corrected chi connectivity index (χ0v) is 15.3. The van der Waals surface area contributed by atoms with Crippen LogP contribution in [0.1, 0.15) is 5.56 Å². The van der Waals surface area contributed by atoms with E-state index >= 15 is 0 Å². The lowest BCUT2D eigenvalue weighted by Crippen LogP contribution is -2.17. The fourth-order valence-electron chi connectivity index (χ4n) is 2.80. The smallest absolute Gasteiger partial charge is 0.285 e. The summed E-state index contributed by atoms with van der Waals surface area (Å²) in [4.78, 5) is 17.1. The predicted molar refractivity (Wildman–Crippen MR) is 106 cm³/mol. The maximum atomic E-state index is 12.7. The predicted octanol–water partition coefficient (Wildman–Crippen LogP) is 2.48. The van der Waals surface area contributed by atoms with Gasteiger partial charge in [0.25, 0.3) is 5.56 Å². The van der Waals surface area contributed by atoms with E-state index in [0.717, 1.165) is 11.3 Å². The van der Waals surface area contributed by atoms with Crippen molar-refractivity contribution in [3.05, 3.63) is 77.0 Å². The molecule has 0 bridgehead atoms. The van der Waals surface area contributed by atoms with Gasteiger partial charge in [-0.25, -0.2) is 9.67 Å². The molecule has 2 aromatic carbocycles. The Balaban J connectivity index is 1.70. The molecule has 140 valence electrons. The summed E-state index contributed by atoms with van der Waals surface area (Å²) in [5.74, 6) is 1.20. The Morgan fingerprint density at radius 1 is 1.04 bits per heavy atom. The zero-order chi connectivity index (χ0) is 19.5. The van der Waals surface area contributed by atoms with Gasteiger partial charge in [-0.15, -0.1) is 0 Å². The largest absolute Gasteiger partial charge is 0.493 e. The van der Waals surface area contributed by atoms with Gasteiger partial charge in [-0.2, -0.15) is 14.9 Å². The van der Waals surface area contributed by atoms with E-state index in [9.17, 15) is 4.79 Å². The minimum Gasteiger partial charge on any atom is -0.493 e. The molecule has 0 radical (unpaired) electrons. The number of para-hydroxylation sites is 1. The third-order valence-electron chi connectivity index (χ3n) is 4.21. The molecule has 0 aliphatic carbocycles. The number of hydrogen-bond acceptors (Lipinski definition) is 6. The minimum absolute atomic E-state index is 0.302. The number of aromatic nitrogens is 4. The van der Waals surface area contributed by atoms with Crippen LogP contribution in [0.15, 0.2) is 71.0 Å². The lowest BCUT2D eigenvalue weighted by Gasteiger charge is -2.07. The van der Waals surface area contributed by atoms with Crippen LogP contribution in [0.4, 0.5) is 0 Å². The number of hydrogen-bond donors (Lipinski definition) is 0. The Bertz CT molecular complexity index is 1210. The summed E-state index contributed by atoms with van der Waals surface area (Å²) in [6, 6.07) is 14.9. The highest BCUT2D eigenvalue weighted by atomic mass is 16.5. The Hall–Kier alpha value is -3.94. The van der Waals surface area contributed by atoms with Crippen LogP contribution in [0.25, 0.3) is 16.7 Å². The van der Waals surface area contributed by atoms with Crippen molar-refractivity contribution in [1.29, 1.82) is 0 Å². The topological polar surface area (TPSA) is 83.5 Å². The molecule has 0 atom stereocenters. The first-order chi connectivity index (χ1) is 13.7. The number of rotatable bonds is 5. The summed E-state index contributed by atoms with van der Waals surface area (Å²) in [6.45, 7) is 0. The number of ether oxygens (including phenoxy) is 2. The number of nitrogens with zero attached hydrogens (tertiary/aromatic N) is 5. The lowest BCUT2D eigenvalue weighted by atomic mass is 10.2. The van der Waals surface area contributed by atoms with E-state index in [1.165, 1.54) is 17.2 Å². The Kier molecular flexibility index (Phi) is 4.59. The van der Waals surface area contributed by atoms with E-state index in [4.69, 9.17) is 9.47 Å². The molecule has 0 spiro atoms. The average molecular weight is 375 g/mol. The molecule has 8 heteroatoms. The number of benzene rings is 2. The molecule has 0 aliphatic rings. The molecule has 4 rings (SSSR count). The maximum absolute atomic E-state index is 12.7. The highest BCUT2D eigenvalue weighted by molar-refractivity contribution is 5.81. The van der Waals surface area contributed by atoms with Gasteiger partial charge in [0.15, 0.2) is 17.1 Å². The molecule has 0 N–H and O–H groups in total. The van der Waals surface area contributed by atoms with Crippen molar-refractivity contribution in [3.8, 4) is 17.2 Å². The molecule has 0 saturated heterocycles. The summed E-state index contributed by atoms with van der Waals surface area (Å²) in [5, 5.41) is 8.89. The molecule has 2 aromatic heterocycles. The average Bonchev–Trinajstić information content (AvgIpc) is 3.18. The van der Waals surface area contributed by atoms with E-state index in [1.54, 1.807) is 37.2 Å². The van der Waals surface area contributed by atoms with E-state index in [-0.39, 0.29) is 5.56 Å². The molecular formula is C20H17N5O3. The van der Waals surface area contributed by atoms with Gasteiger partial charge in [0.05, 0.1) is 32.3 Å². The van der Waals surface area contributed by atoms with Crippen molar-refractivity contribution < 1.29 is 9.47 Å². The van der Waals surface area contributed by atoms with Gasteiger partial charge in [-0.3, -0.25) is 4.79 Å². The third-order valence-corrected chi connectivity index (χ3v) is 4.21. The molecular weight excluding hydrogens is 358 g/mol. The first-order valence-corrected chi connectivity index (χ1v) is 8.48. The van der Waals surface area contributed by atoms with E-state index < -0.39 is 0 Å². The van der Waals surface area contributed by atoms with Crippen molar-refractivity contribution in [3.63, 3.8) is 0 Å². The highest BCUT2D eigenvalue weighted by Crippen LogP contribution is 2.26. The van der Waals surface area contributed by atoms with Gasteiger partial charge in [-0.05, 0) is 35.9 Å². The van der Waals surface area contributed by atoms with Gasteiger partial charge >= 0.3 is 0 Å². The van der Waals surface area contributed by atoms with Crippen LogP contribution >= 0.6 is 0 Å². The molecule has 4 aromatic rings. The summed E-state index contributed by atoms with van der Waals surface area (Å²) >= 11 is 0. The summed E-state index contributed by atoms with van der Waals surface area (Å²) < 4.78 is 13.3. The van der Waals surface area contributed by atoms with Crippen LogP contribution in [0.2, 0.25) is 0 Å². The lowest BCUT2D eigenvalue weighted by molar-refractivity contribution is 0.355. The van der Waals surface area contributed by atoms with Gasteiger partial charge in [0.1, 0.15) is 11.7 Å². The van der Waals surface area contributed by atoms with Crippen LogP contribution < -0.4 is 15.0 Å². The SMILES string of the molecule is COc1ccc(/C=N\n2cnc3c(cnn3-c3ccccc3)c2=O)cc1OC. The van der Waals surface area contributed by atoms with Gasteiger partial charge in [0, 0.05) is 0 Å². The molecule has 0 fully saturated rings. The molecule has 8 nitrogen and oxygen atoms in total. The third kappa shape index (κ3) is 3.11. The van der Waals surface area contributed by atoms with Gasteiger partial charge in [-0.1, -0.05) is 18.2 Å². The fourth-order valence-corrected chi connectivity index (χ4v) is 2.80. The van der Waals surface area contributed by atoms with Crippen LogP contribution in [0.5, 0.6) is 11.5 Å². The first kappa shape index (κ1) is 17.5. The van der Waals surface area contributed by atoms with Crippen LogP contribution in [0, 0.1) is 0 Å². The van der Waals surface area contributed by atoms with Crippen molar-refractivity contribution >= 4 is 17.2 Å². The molecule has 0 saturated carbocycles. The van der Waals surface area contributed by atoms with Crippen molar-refractivity contribution in [2.75, 3.05) is 14.2 Å². The van der Waals surface area contributed by atoms with Crippen molar-refractivity contribution in [1.82, 2.24) is 19.4 Å². The molecule has 28 heavy (non-hydrogen) atoms. The Labute approximate surface area is 160 Å². The minimum atomic E-state index is -0.302. The van der Waals surface area contributed by atoms with Gasteiger partial charge < -0.3 is 9.47 Å². The van der Waals surface area contributed by atoms with Crippen molar-refractivity contribution in [2.24, 2.45) is 5.10 Å². The highest BCUT2D eigenvalue weighted by Gasteiger charge is 2.11. The molecule has 0 unspecified atom stereocenters. The second-order valence-electron chi connectivity index (χ2n) is 5.88. The van der Waals surface area contributed by atoms with E-state index in [0.29, 0.717) is 22.5 Å². The van der Waals surface area contributed by atoms with E-state index in [1.807, 2.05) is 36.4 Å². The van der Waals surface area contributed by atoms with Gasteiger partial charge in [0.2, 0.25) is 0 Å². The Morgan fingerprint density at radius 3 is 2.57 bits per heavy atom. The van der Waals surface area contributed by atoms with Crippen molar-refractivity contribution in [2.45, 2.75) is 0 Å². The van der Waals surface area contributed by atoms with Crippen LogP contribution in [-0.2, 0) is 0 Å². The molecule has 2 heterocycles. The Morgan fingerprint density at radius 2 is 1.82 bits per heavy atom. The quantitative estimate of drug-likeness (QED) is 0.501. The monoisotopic (exact) mass is 375 g/mol. The number of methoxy groups -OCH3 is 2. The summed E-state index contributed by atoms with van der Waals surface area (Å²) in [5.41, 5.74) is 1.76.